The zero-order chi connectivity index (χ0) is 20.3. The van der Waals surface area contributed by atoms with Crippen LogP contribution < -0.4 is 4.90 Å². The molecular formula is C18H17F2I2N5S. The molecular weight excluding hydrogens is 610 g/mol. The van der Waals surface area contributed by atoms with Crippen LogP contribution in [-0.2, 0) is 10.5 Å². The number of alkyl halides is 4. The second-order valence-electron chi connectivity index (χ2n) is 6.01. The number of fused-ring (bicyclic) bond motifs is 1. The highest BCUT2D eigenvalue weighted by Crippen LogP contribution is 2.37. The van der Waals surface area contributed by atoms with Gasteiger partial charge in [0.15, 0.2) is 10.8 Å². The Kier molecular flexibility index (Phi) is 7.23. The molecule has 0 aliphatic heterocycles. The van der Waals surface area contributed by atoms with Crippen molar-refractivity contribution in [2.45, 2.75) is 32.2 Å². The van der Waals surface area contributed by atoms with Crippen molar-refractivity contribution in [2.75, 3.05) is 11.9 Å². The average molecular weight is 627 g/mol. The number of hydrogen-bond acceptors (Lipinski definition) is 6. The Labute approximate surface area is 193 Å². The van der Waals surface area contributed by atoms with E-state index in [0.29, 0.717) is 25.4 Å². The minimum atomic E-state index is -3.04. The van der Waals surface area contributed by atoms with Crippen LogP contribution >= 0.6 is 56.9 Å². The molecule has 0 amide bonds. The van der Waals surface area contributed by atoms with Crippen molar-refractivity contribution in [3.63, 3.8) is 0 Å². The van der Waals surface area contributed by atoms with E-state index < -0.39 is 3.93 Å². The summed E-state index contributed by atoms with van der Waals surface area (Å²) in [6, 6.07) is 7.04. The number of pyridine rings is 2. The van der Waals surface area contributed by atoms with Crippen LogP contribution in [0.2, 0.25) is 0 Å². The molecule has 0 N–H and O–H groups in total. The van der Waals surface area contributed by atoms with Crippen LogP contribution in [0.3, 0.4) is 0 Å². The molecule has 3 rings (SSSR count). The molecule has 0 saturated carbocycles. The third kappa shape index (κ3) is 5.17. The Morgan fingerprint density at radius 2 is 1.89 bits per heavy atom. The maximum Gasteiger partial charge on any atom is 0.338 e. The number of aromatic nitrogens is 4. The van der Waals surface area contributed by atoms with Crippen LogP contribution in [0, 0.1) is 0 Å². The van der Waals surface area contributed by atoms with Gasteiger partial charge in [-0.2, -0.15) is 8.78 Å². The van der Waals surface area contributed by atoms with Gasteiger partial charge in [-0.1, -0.05) is 47.3 Å². The molecule has 10 heteroatoms. The Hall–Kier alpha value is -0.890. The van der Waals surface area contributed by atoms with Crippen molar-refractivity contribution in [2.24, 2.45) is 0 Å². The molecule has 28 heavy (non-hydrogen) atoms. The highest BCUT2D eigenvalue weighted by molar-refractivity contribution is 14.1. The summed E-state index contributed by atoms with van der Waals surface area (Å²) in [4.78, 5) is 19.3. The predicted octanol–water partition coefficient (Wildman–Crippen LogP) is 5.80. The van der Waals surface area contributed by atoms with Crippen LogP contribution in [-0.4, -0.2) is 30.2 Å². The van der Waals surface area contributed by atoms with Crippen molar-refractivity contribution >= 4 is 73.8 Å². The van der Waals surface area contributed by atoms with E-state index in [4.69, 9.17) is 4.98 Å². The summed E-state index contributed by atoms with van der Waals surface area (Å²) in [5.74, 6) is 0.659. The first-order chi connectivity index (χ1) is 13.3. The second kappa shape index (κ2) is 9.28. The van der Waals surface area contributed by atoms with Crippen molar-refractivity contribution in [1.82, 2.24) is 19.9 Å². The average Bonchev–Trinajstić information content (AvgIpc) is 2.66. The number of hydrogen-bond donors (Lipinski definition) is 0. The highest BCUT2D eigenvalue weighted by atomic mass is 127. The minimum Gasteiger partial charge on any atom is -0.355 e. The van der Waals surface area contributed by atoms with E-state index >= 15 is 0 Å². The SMILES string of the molecule is CCC(I)Sc1nc(N(C)Cc2cccnc2C(F)(F)I)c2cccnc2n1. The fourth-order valence-corrected chi connectivity index (χ4v) is 4.46. The minimum absolute atomic E-state index is 0.230. The molecule has 0 aliphatic rings. The fourth-order valence-electron chi connectivity index (χ4n) is 2.62. The fraction of sp³-hybridized carbons (Fsp3) is 0.333. The largest absolute Gasteiger partial charge is 0.355 e. The molecule has 5 nitrogen and oxygen atoms in total. The van der Waals surface area contributed by atoms with Gasteiger partial charge in [0, 0.05) is 54.1 Å². The quantitative estimate of drug-likeness (QED) is 0.143. The summed E-state index contributed by atoms with van der Waals surface area (Å²) in [7, 11) is 1.83. The van der Waals surface area contributed by atoms with Crippen molar-refractivity contribution in [1.29, 1.82) is 0 Å². The van der Waals surface area contributed by atoms with Crippen LogP contribution in [0.5, 0.6) is 0 Å². The van der Waals surface area contributed by atoms with E-state index in [1.165, 1.54) is 6.20 Å². The number of thioether (sulfide) groups is 1. The van der Waals surface area contributed by atoms with Gasteiger partial charge in [0.05, 0.1) is 8.64 Å². The standard InChI is InChI=1S/C18H17F2I2N5S/c1-3-13(21)28-17-25-15-12(7-5-9-24-15)16(26-17)27(2)10-11-6-4-8-23-14(11)18(19,20)22/h4-9,13H,3,10H2,1-2H3. The van der Waals surface area contributed by atoms with Gasteiger partial charge in [-0.15, -0.1) is 0 Å². The predicted molar refractivity (Wildman–Crippen MR) is 126 cm³/mol. The summed E-state index contributed by atoms with van der Waals surface area (Å²) in [6.07, 6.45) is 4.05. The summed E-state index contributed by atoms with van der Waals surface area (Å²) < 4.78 is 25.2. The Morgan fingerprint density at radius 1 is 1.18 bits per heavy atom. The molecule has 3 aromatic rings. The summed E-state index contributed by atoms with van der Waals surface area (Å²) in [5.41, 5.74) is 0.814. The lowest BCUT2D eigenvalue weighted by atomic mass is 10.2. The molecule has 0 bridgehead atoms. The molecule has 0 spiro atoms. The molecule has 1 unspecified atom stereocenters. The van der Waals surface area contributed by atoms with E-state index in [-0.39, 0.29) is 12.2 Å². The third-order valence-corrected chi connectivity index (χ3v) is 7.05. The molecule has 0 fully saturated rings. The lowest BCUT2D eigenvalue weighted by Gasteiger charge is -2.22. The van der Waals surface area contributed by atoms with Gasteiger partial charge in [-0.25, -0.2) is 15.0 Å². The zero-order valence-electron chi connectivity index (χ0n) is 15.1. The van der Waals surface area contributed by atoms with Crippen molar-refractivity contribution < 1.29 is 8.78 Å². The molecule has 1 atom stereocenters. The summed E-state index contributed by atoms with van der Waals surface area (Å²) in [6.45, 7) is 2.35. The van der Waals surface area contributed by atoms with E-state index in [9.17, 15) is 8.78 Å². The lowest BCUT2D eigenvalue weighted by Crippen LogP contribution is -2.22. The van der Waals surface area contributed by atoms with E-state index in [1.807, 2.05) is 24.1 Å². The van der Waals surface area contributed by atoms with E-state index in [0.717, 1.165) is 34.4 Å². The van der Waals surface area contributed by atoms with E-state index in [1.54, 1.807) is 30.1 Å². The zero-order valence-corrected chi connectivity index (χ0v) is 20.2. The van der Waals surface area contributed by atoms with Gasteiger partial charge in [0.1, 0.15) is 11.5 Å². The Bertz CT molecular complexity index is 970. The maximum absolute atomic E-state index is 13.9. The molecule has 0 saturated heterocycles. The number of halogens is 4. The van der Waals surface area contributed by atoms with Crippen molar-refractivity contribution in [3.05, 3.63) is 47.9 Å². The van der Waals surface area contributed by atoms with Gasteiger partial charge in [0.2, 0.25) is 0 Å². The molecule has 148 valence electrons. The normalized spacial score (nSPS) is 12.9. The number of rotatable bonds is 7. The summed E-state index contributed by atoms with van der Waals surface area (Å²) >= 11 is 5.03. The number of anilines is 1. The first-order valence-corrected chi connectivity index (χ1v) is 11.7. The molecule has 0 radical (unpaired) electrons. The number of nitrogens with zero attached hydrogens (tertiary/aromatic N) is 5. The Morgan fingerprint density at radius 3 is 2.61 bits per heavy atom. The monoisotopic (exact) mass is 627 g/mol. The van der Waals surface area contributed by atoms with Crippen LogP contribution in [0.15, 0.2) is 41.8 Å². The molecule has 0 aliphatic carbocycles. The first kappa shape index (κ1) is 21.8. The topological polar surface area (TPSA) is 54.8 Å². The van der Waals surface area contributed by atoms with Gasteiger partial charge < -0.3 is 4.90 Å². The summed E-state index contributed by atoms with van der Waals surface area (Å²) in [5, 5.41) is 1.41. The smallest absolute Gasteiger partial charge is 0.338 e. The van der Waals surface area contributed by atoms with Gasteiger partial charge in [0.25, 0.3) is 0 Å². The second-order valence-corrected chi connectivity index (χ2v) is 10.9. The first-order valence-electron chi connectivity index (χ1n) is 8.45. The molecule has 0 aromatic carbocycles. The van der Waals surface area contributed by atoms with Crippen LogP contribution in [0.1, 0.15) is 24.6 Å². The van der Waals surface area contributed by atoms with Crippen LogP contribution in [0.25, 0.3) is 11.0 Å². The molecule has 3 aromatic heterocycles. The van der Waals surface area contributed by atoms with Crippen molar-refractivity contribution in [3.8, 4) is 0 Å². The molecule has 3 heterocycles. The third-order valence-electron chi connectivity index (χ3n) is 3.91. The van der Waals surface area contributed by atoms with E-state index in [2.05, 4.69) is 44.5 Å². The lowest BCUT2D eigenvalue weighted by molar-refractivity contribution is 0.121. The van der Waals surface area contributed by atoms with Gasteiger partial charge >= 0.3 is 3.93 Å². The maximum atomic E-state index is 13.9. The van der Waals surface area contributed by atoms with Crippen LogP contribution in [0.4, 0.5) is 14.6 Å². The highest BCUT2D eigenvalue weighted by Gasteiger charge is 2.32. The van der Waals surface area contributed by atoms with Gasteiger partial charge in [-0.05, 0) is 24.6 Å². The Balaban J connectivity index is 2.01. The van der Waals surface area contributed by atoms with Gasteiger partial charge in [-0.3, -0.25) is 4.98 Å².